The molecule has 1 rings (SSSR count). The summed E-state index contributed by atoms with van der Waals surface area (Å²) in [6.07, 6.45) is 0. The maximum Gasteiger partial charge on any atom is 0.108 e. The molecule has 0 bridgehead atoms. The van der Waals surface area contributed by atoms with E-state index in [4.69, 9.17) is 0 Å². The Hall–Kier alpha value is 1.20. The first kappa shape index (κ1) is 11.3. The summed E-state index contributed by atoms with van der Waals surface area (Å²) < 4.78 is 38.2. The highest BCUT2D eigenvalue weighted by Gasteiger charge is 2.03. The van der Waals surface area contributed by atoms with Gasteiger partial charge < -0.3 is 0 Å². The third-order valence-corrected chi connectivity index (χ3v) is 4.36. The van der Waals surface area contributed by atoms with Crippen molar-refractivity contribution in [3.63, 3.8) is 0 Å². The Bertz CT molecular complexity index is 211. The van der Waals surface area contributed by atoms with Gasteiger partial charge in [0.2, 0.25) is 0 Å². The van der Waals surface area contributed by atoms with Crippen LogP contribution >= 0.6 is 65.3 Å². The van der Waals surface area contributed by atoms with Crippen LogP contribution in [0.2, 0.25) is 0 Å². The lowest BCUT2D eigenvalue weighted by Crippen LogP contribution is -1.80. The van der Waals surface area contributed by atoms with Crippen molar-refractivity contribution in [1.82, 2.24) is 0 Å². The molecule has 69 valence electrons. The van der Waals surface area contributed by atoms with Crippen molar-refractivity contribution in [3.8, 4) is 0 Å². The fourth-order valence-electron chi connectivity index (χ4n) is 0.644. The summed E-state index contributed by atoms with van der Waals surface area (Å²) in [4.78, 5) is 0. The van der Waals surface area contributed by atoms with Crippen molar-refractivity contribution in [2.75, 3.05) is 0 Å². The zero-order chi connectivity index (χ0) is 8.97. The minimum atomic E-state index is -1.53. The summed E-state index contributed by atoms with van der Waals surface area (Å²) >= 11 is -4.60. The Kier molecular flexibility index (Phi) is 5.48. The first-order valence-corrected chi connectivity index (χ1v) is 8.41. The maximum atomic E-state index is 12.2. The molecule has 0 amide bonds. The molecular weight excluding hydrogens is 510 g/mol. The van der Waals surface area contributed by atoms with Gasteiger partial charge in [0.05, 0.1) is 0 Å². The fourth-order valence-corrected chi connectivity index (χ4v) is 5.15. The molecule has 0 spiro atoms. The van der Waals surface area contributed by atoms with Crippen molar-refractivity contribution in [1.29, 1.82) is 0 Å². The quantitative estimate of drug-likeness (QED) is 0.512. The van der Waals surface area contributed by atoms with E-state index < -0.39 is 65.3 Å². The average Bonchev–Trinajstić information content (AvgIpc) is 2.16. The third-order valence-electron chi connectivity index (χ3n) is 1.07. The molecule has 0 nitrogen and oxygen atoms in total. The number of hydrogen-bond donors (Lipinski definition) is 0. The maximum absolute atomic E-state index is 12.2. The van der Waals surface area contributed by atoms with E-state index in [1.54, 1.807) is 0 Å². The van der Waals surface area contributed by atoms with Crippen LogP contribution in [0, 0.1) is 10.7 Å². The molecule has 0 heterocycles. The van der Waals surface area contributed by atoms with Gasteiger partial charge in [-0.15, -0.1) is 0 Å². The lowest BCUT2D eigenvalue weighted by atomic mass is 10.4. The van der Waals surface area contributed by atoms with Crippen LogP contribution in [0.15, 0.2) is 18.2 Å². The van der Waals surface area contributed by atoms with Crippen LogP contribution in [0.5, 0.6) is 0 Å². The molecule has 0 N–H and O–H groups in total. The lowest BCUT2D eigenvalue weighted by Gasteiger charge is -1.98. The number of rotatable bonds is 3. The topological polar surface area (TPSA) is 0 Å². The lowest BCUT2D eigenvalue weighted by molar-refractivity contribution is 1.03. The number of halogens is 6. The van der Waals surface area contributed by atoms with E-state index in [-0.39, 0.29) is 0 Å². The van der Waals surface area contributed by atoms with Crippen molar-refractivity contribution in [2.45, 2.75) is 0 Å². The predicted octanol–water partition coefficient (Wildman–Crippen LogP) is 4.76. The standard InChI is InChI=1S/C6H3F3I3/c7-10-4-1-5(11-8)3-6(2-4)12-9/h1-3H. The van der Waals surface area contributed by atoms with Gasteiger partial charge in [-0.2, -0.15) is 8.58 Å². The predicted molar refractivity (Wildman–Crippen MR) is 67.9 cm³/mol. The molecule has 0 saturated carbocycles. The van der Waals surface area contributed by atoms with Crippen LogP contribution in [0.4, 0.5) is 8.58 Å². The van der Waals surface area contributed by atoms with Crippen LogP contribution in [-0.4, -0.2) is 0 Å². The fraction of sp³-hybridized carbons (Fsp3) is 0. The van der Waals surface area contributed by atoms with Crippen molar-refractivity contribution in [2.24, 2.45) is 0 Å². The second-order valence-corrected chi connectivity index (χ2v) is 6.76. The highest BCUT2D eigenvalue weighted by atomic mass is 127. The molecule has 3 radical (unpaired) electrons. The first-order chi connectivity index (χ1) is 5.80. The molecule has 12 heavy (non-hydrogen) atoms. The largest absolute Gasteiger partial charge is 0.179 e. The summed E-state index contributed by atoms with van der Waals surface area (Å²) in [7, 11) is 0. The summed E-state index contributed by atoms with van der Waals surface area (Å²) in [5.74, 6) is 0. The molecule has 0 aliphatic heterocycles. The van der Waals surface area contributed by atoms with Gasteiger partial charge in [0.15, 0.2) is 0 Å². The van der Waals surface area contributed by atoms with E-state index in [0.717, 1.165) is 0 Å². The van der Waals surface area contributed by atoms with Crippen LogP contribution in [0.25, 0.3) is 0 Å². The Morgan fingerprint density at radius 3 is 1.08 bits per heavy atom. The van der Waals surface area contributed by atoms with E-state index in [1.165, 1.54) is 18.2 Å². The van der Waals surface area contributed by atoms with E-state index in [1.807, 2.05) is 0 Å². The van der Waals surface area contributed by atoms with Crippen molar-refractivity contribution < 1.29 is 8.58 Å². The van der Waals surface area contributed by atoms with Gasteiger partial charge in [0, 0.05) is 10.7 Å². The Morgan fingerprint density at radius 2 is 0.917 bits per heavy atom. The van der Waals surface area contributed by atoms with E-state index in [9.17, 15) is 8.58 Å². The number of benzene rings is 1. The number of hydrogen-bond acceptors (Lipinski definition) is 0. The molecule has 0 unspecified atom stereocenters. The third kappa shape index (κ3) is 3.16. The van der Waals surface area contributed by atoms with Crippen LogP contribution in [0.3, 0.4) is 0 Å². The zero-order valence-electron chi connectivity index (χ0n) is 5.50. The molecule has 0 aromatic heterocycles. The van der Waals surface area contributed by atoms with Crippen molar-refractivity contribution >= 4 is 65.3 Å². The summed E-state index contributed by atoms with van der Waals surface area (Å²) in [5.41, 5.74) is 0. The van der Waals surface area contributed by atoms with Gasteiger partial charge in [0.25, 0.3) is 0 Å². The molecule has 1 aromatic carbocycles. The summed E-state index contributed by atoms with van der Waals surface area (Å²) in [6, 6.07) is 4.55. The van der Waals surface area contributed by atoms with Crippen molar-refractivity contribution in [3.05, 3.63) is 28.9 Å². The van der Waals surface area contributed by atoms with Crippen LogP contribution in [-0.2, 0) is 0 Å². The van der Waals surface area contributed by atoms with Gasteiger partial charge >= 0.3 is 0 Å². The van der Waals surface area contributed by atoms with Gasteiger partial charge in [-0.05, 0) is 18.2 Å². The first-order valence-electron chi connectivity index (χ1n) is 2.73. The second kappa shape index (κ2) is 5.83. The smallest absolute Gasteiger partial charge is 0.108 e. The summed E-state index contributed by atoms with van der Waals surface area (Å²) in [6.45, 7) is 0. The molecular formula is C6H3F3I3. The molecule has 1 aromatic rings. The van der Waals surface area contributed by atoms with Gasteiger partial charge in [0.1, 0.15) is 65.3 Å². The van der Waals surface area contributed by atoms with Gasteiger partial charge in [-0.25, -0.2) is 0 Å². The highest BCUT2D eigenvalue weighted by Crippen LogP contribution is 2.33. The molecule has 0 aliphatic rings. The minimum absolute atomic E-state index is 0.496. The molecule has 6 heteroatoms. The Morgan fingerprint density at radius 1 is 0.667 bits per heavy atom. The molecule has 0 saturated heterocycles. The SMILES string of the molecule is F[I]c1cc([I]F)cc([I]F)c1. The van der Waals surface area contributed by atoms with Crippen LogP contribution < -0.4 is 0 Å². The highest BCUT2D eigenvalue weighted by molar-refractivity contribution is 14.2. The molecule has 0 aliphatic carbocycles. The van der Waals surface area contributed by atoms with E-state index in [2.05, 4.69) is 0 Å². The van der Waals surface area contributed by atoms with Gasteiger partial charge in [-0.1, -0.05) is 0 Å². The second-order valence-electron chi connectivity index (χ2n) is 1.80. The van der Waals surface area contributed by atoms with E-state index >= 15 is 0 Å². The van der Waals surface area contributed by atoms with E-state index in [0.29, 0.717) is 10.7 Å². The summed E-state index contributed by atoms with van der Waals surface area (Å²) in [5, 5.41) is 0. The minimum Gasteiger partial charge on any atom is -0.179 e. The Labute approximate surface area is 101 Å². The molecule has 0 fully saturated rings. The molecule has 0 atom stereocenters. The normalized spacial score (nSPS) is 10.2. The Balaban J connectivity index is 3.01. The zero-order valence-corrected chi connectivity index (χ0v) is 12.0. The van der Waals surface area contributed by atoms with Crippen LogP contribution in [0.1, 0.15) is 0 Å². The average molecular weight is 513 g/mol. The monoisotopic (exact) mass is 513 g/mol. The van der Waals surface area contributed by atoms with Gasteiger partial charge in [-0.3, -0.25) is 0 Å².